The van der Waals surface area contributed by atoms with Crippen LogP contribution in [0.5, 0.6) is 0 Å². The molecule has 0 spiro atoms. The molecular formula is C16H10N3NaO. The average molecular weight is 283 g/mol. The van der Waals surface area contributed by atoms with E-state index < -0.39 is 0 Å². The van der Waals surface area contributed by atoms with Gasteiger partial charge in [-0.05, 0) is 17.7 Å². The van der Waals surface area contributed by atoms with Crippen molar-refractivity contribution in [2.24, 2.45) is 5.10 Å². The minimum absolute atomic E-state index is 0. The fraction of sp³-hybridized carbons (Fsp3) is 0. The number of anilines is 1. The summed E-state index contributed by atoms with van der Waals surface area (Å²) in [5.74, 6) is -0.267. The van der Waals surface area contributed by atoms with Gasteiger partial charge in [0.15, 0.2) is 0 Å². The number of hydrogen-bond acceptors (Lipinski definition) is 4. The van der Waals surface area contributed by atoms with E-state index in [-0.39, 0.29) is 40.9 Å². The van der Waals surface area contributed by atoms with Crippen molar-refractivity contribution in [2.45, 2.75) is 0 Å². The molecular weight excluding hydrogens is 273 g/mol. The van der Waals surface area contributed by atoms with E-state index in [0.717, 1.165) is 5.69 Å². The fourth-order valence-corrected chi connectivity index (χ4v) is 2.12. The SMILES string of the molecule is N#CC1=C([O-])c2ccccc2/C1=N\Nc1ccccc1.[Na+]. The van der Waals surface area contributed by atoms with Crippen LogP contribution in [0.2, 0.25) is 0 Å². The molecule has 0 aromatic heterocycles. The Morgan fingerprint density at radius 3 is 2.24 bits per heavy atom. The number of nitrogens with one attached hydrogen (secondary N) is 1. The Morgan fingerprint density at radius 2 is 1.57 bits per heavy atom. The van der Waals surface area contributed by atoms with Gasteiger partial charge in [-0.15, -0.1) is 0 Å². The van der Waals surface area contributed by atoms with E-state index in [1.807, 2.05) is 42.5 Å². The zero-order valence-corrected chi connectivity index (χ0v) is 13.5. The molecule has 0 heterocycles. The summed E-state index contributed by atoms with van der Waals surface area (Å²) in [5.41, 5.74) is 5.37. The zero-order valence-electron chi connectivity index (χ0n) is 11.5. The van der Waals surface area contributed by atoms with E-state index in [2.05, 4.69) is 10.5 Å². The van der Waals surface area contributed by atoms with Crippen molar-refractivity contribution in [3.05, 3.63) is 71.3 Å². The quantitative estimate of drug-likeness (QED) is 0.574. The predicted molar refractivity (Wildman–Crippen MR) is 75.6 cm³/mol. The topological polar surface area (TPSA) is 71.2 Å². The molecule has 2 aromatic rings. The molecule has 0 saturated heterocycles. The van der Waals surface area contributed by atoms with Crippen LogP contribution in [0, 0.1) is 11.3 Å². The van der Waals surface area contributed by atoms with Gasteiger partial charge in [0, 0.05) is 5.56 Å². The van der Waals surface area contributed by atoms with Crippen LogP contribution in [0.4, 0.5) is 5.69 Å². The number of hydrogen-bond donors (Lipinski definition) is 1. The molecule has 0 aliphatic heterocycles. The number of allylic oxidation sites excluding steroid dienone is 1. The van der Waals surface area contributed by atoms with Crippen molar-refractivity contribution in [3.8, 4) is 6.07 Å². The van der Waals surface area contributed by atoms with Gasteiger partial charge in [0.2, 0.25) is 0 Å². The normalized spacial score (nSPS) is 14.3. The maximum atomic E-state index is 12.1. The molecule has 0 atom stereocenters. The van der Waals surface area contributed by atoms with E-state index in [1.54, 1.807) is 18.2 Å². The number of benzene rings is 2. The summed E-state index contributed by atoms with van der Waals surface area (Å²) in [6.07, 6.45) is 0. The number of para-hydroxylation sites is 1. The van der Waals surface area contributed by atoms with Crippen LogP contribution in [0.1, 0.15) is 11.1 Å². The summed E-state index contributed by atoms with van der Waals surface area (Å²) in [6, 6.07) is 18.4. The number of rotatable bonds is 2. The van der Waals surface area contributed by atoms with E-state index in [0.29, 0.717) is 16.8 Å². The molecule has 0 radical (unpaired) electrons. The van der Waals surface area contributed by atoms with Crippen LogP contribution in [0.15, 0.2) is 65.3 Å². The Labute approximate surface area is 144 Å². The first-order chi connectivity index (χ1) is 9.81. The van der Waals surface area contributed by atoms with Crippen LogP contribution < -0.4 is 40.1 Å². The first kappa shape index (κ1) is 15.3. The standard InChI is InChI=1S/C16H11N3O.Na/c17-10-14-15(19-18-11-6-2-1-3-7-11)12-8-4-5-9-13(12)16(14)20;/h1-9,18,20H;/q;+1/p-1/b19-15+;. The van der Waals surface area contributed by atoms with Gasteiger partial charge in [0.1, 0.15) is 11.8 Å². The van der Waals surface area contributed by atoms with Crippen LogP contribution >= 0.6 is 0 Å². The summed E-state index contributed by atoms with van der Waals surface area (Å²) in [6.45, 7) is 0. The van der Waals surface area contributed by atoms with E-state index in [1.165, 1.54) is 0 Å². The minimum Gasteiger partial charge on any atom is -0.871 e. The molecule has 5 heteroatoms. The first-order valence-corrected chi connectivity index (χ1v) is 6.11. The van der Waals surface area contributed by atoms with E-state index >= 15 is 0 Å². The second-order valence-electron chi connectivity index (χ2n) is 4.30. The molecule has 1 aliphatic carbocycles. The van der Waals surface area contributed by atoms with Gasteiger partial charge in [-0.25, -0.2) is 0 Å². The summed E-state index contributed by atoms with van der Waals surface area (Å²) in [4.78, 5) is 0. The van der Waals surface area contributed by atoms with Crippen LogP contribution in [0.25, 0.3) is 5.76 Å². The predicted octanol–water partition coefficient (Wildman–Crippen LogP) is -0.885. The Hall–Kier alpha value is -2.06. The van der Waals surface area contributed by atoms with Gasteiger partial charge < -0.3 is 5.11 Å². The third kappa shape index (κ3) is 2.86. The van der Waals surface area contributed by atoms with Gasteiger partial charge in [0.05, 0.1) is 11.3 Å². The Bertz CT molecular complexity index is 761. The zero-order chi connectivity index (χ0) is 13.9. The van der Waals surface area contributed by atoms with Crippen molar-refractivity contribution in [3.63, 3.8) is 0 Å². The summed E-state index contributed by atoms with van der Waals surface area (Å²) in [5, 5.41) is 25.5. The summed E-state index contributed by atoms with van der Waals surface area (Å²) >= 11 is 0. The van der Waals surface area contributed by atoms with Crippen LogP contribution in [-0.4, -0.2) is 5.71 Å². The maximum absolute atomic E-state index is 12.1. The number of fused-ring (bicyclic) bond motifs is 1. The molecule has 0 amide bonds. The van der Waals surface area contributed by atoms with Crippen LogP contribution in [-0.2, 0) is 0 Å². The first-order valence-electron chi connectivity index (χ1n) is 6.11. The van der Waals surface area contributed by atoms with Gasteiger partial charge in [-0.1, -0.05) is 48.2 Å². The third-order valence-corrected chi connectivity index (χ3v) is 3.07. The van der Waals surface area contributed by atoms with Crippen molar-refractivity contribution in [2.75, 3.05) is 5.43 Å². The Morgan fingerprint density at radius 1 is 0.952 bits per heavy atom. The van der Waals surface area contributed by atoms with Crippen molar-refractivity contribution >= 4 is 17.2 Å². The monoisotopic (exact) mass is 283 g/mol. The second kappa shape index (κ2) is 6.59. The third-order valence-electron chi connectivity index (χ3n) is 3.07. The molecule has 21 heavy (non-hydrogen) atoms. The molecule has 0 saturated carbocycles. The number of hydrazone groups is 1. The van der Waals surface area contributed by atoms with Gasteiger partial charge in [-0.2, -0.15) is 10.4 Å². The van der Waals surface area contributed by atoms with Crippen molar-refractivity contribution < 1.29 is 34.7 Å². The van der Waals surface area contributed by atoms with Crippen LogP contribution in [0.3, 0.4) is 0 Å². The molecule has 1 aliphatic rings. The molecule has 96 valence electrons. The number of nitrogens with zero attached hydrogens (tertiary/aromatic N) is 2. The minimum atomic E-state index is -0.267. The summed E-state index contributed by atoms with van der Waals surface area (Å²) in [7, 11) is 0. The Balaban J connectivity index is 0.00000161. The largest absolute Gasteiger partial charge is 1.00 e. The molecule has 0 fully saturated rings. The smallest absolute Gasteiger partial charge is 0.871 e. The second-order valence-corrected chi connectivity index (χ2v) is 4.30. The fourth-order valence-electron chi connectivity index (χ4n) is 2.12. The Kier molecular flexibility index (Phi) is 4.81. The molecule has 2 aromatic carbocycles. The molecule has 0 bridgehead atoms. The number of nitriles is 1. The van der Waals surface area contributed by atoms with Crippen molar-refractivity contribution in [1.29, 1.82) is 5.26 Å². The average Bonchev–Trinajstić information content (AvgIpc) is 2.78. The molecule has 1 N–H and O–H groups in total. The van der Waals surface area contributed by atoms with E-state index in [4.69, 9.17) is 5.26 Å². The van der Waals surface area contributed by atoms with Gasteiger partial charge in [-0.3, -0.25) is 5.43 Å². The molecule has 3 rings (SSSR count). The maximum Gasteiger partial charge on any atom is 1.00 e. The summed E-state index contributed by atoms with van der Waals surface area (Å²) < 4.78 is 0. The van der Waals surface area contributed by atoms with E-state index in [9.17, 15) is 5.11 Å². The van der Waals surface area contributed by atoms with Gasteiger partial charge in [0.25, 0.3) is 0 Å². The molecule has 4 nitrogen and oxygen atoms in total. The van der Waals surface area contributed by atoms with Crippen molar-refractivity contribution in [1.82, 2.24) is 0 Å². The van der Waals surface area contributed by atoms with Gasteiger partial charge >= 0.3 is 29.6 Å². The molecule has 0 unspecified atom stereocenters.